The van der Waals surface area contributed by atoms with Crippen LogP contribution < -0.4 is 4.74 Å². The Morgan fingerprint density at radius 1 is 1.47 bits per heavy atom. The highest BCUT2D eigenvalue weighted by molar-refractivity contribution is 7.99. The number of halogens is 1. The number of nitrogens with zero attached hydrogens (tertiary/aromatic N) is 1. The van der Waals surface area contributed by atoms with Crippen molar-refractivity contribution < 1.29 is 9.13 Å². The third kappa shape index (κ3) is 4.22. The van der Waals surface area contributed by atoms with Crippen LogP contribution in [0.25, 0.3) is 0 Å². The van der Waals surface area contributed by atoms with Gasteiger partial charge in [0.2, 0.25) is 0 Å². The van der Waals surface area contributed by atoms with E-state index in [1.165, 1.54) is 0 Å². The average molecular weight is 225 g/mol. The van der Waals surface area contributed by atoms with Crippen molar-refractivity contribution >= 4 is 11.8 Å². The molecule has 0 saturated heterocycles. The molecule has 0 aliphatic rings. The van der Waals surface area contributed by atoms with Crippen molar-refractivity contribution in [2.45, 2.75) is 23.2 Å². The molecule has 0 fully saturated rings. The molecule has 1 aromatic rings. The zero-order chi connectivity index (χ0) is 11.1. The molecule has 2 nitrogen and oxygen atoms in total. The van der Waals surface area contributed by atoms with Crippen molar-refractivity contribution in [3.05, 3.63) is 24.3 Å². The number of ether oxygens (including phenoxy) is 1. The van der Waals surface area contributed by atoms with Crippen molar-refractivity contribution in [3.8, 4) is 11.8 Å². The maximum atomic E-state index is 13.2. The van der Waals surface area contributed by atoms with Crippen LogP contribution in [0.5, 0.6) is 5.75 Å². The second-order valence-electron chi connectivity index (χ2n) is 2.90. The molecule has 0 radical (unpaired) electrons. The van der Waals surface area contributed by atoms with E-state index in [2.05, 4.69) is 0 Å². The summed E-state index contributed by atoms with van der Waals surface area (Å²) >= 11 is 1.13. The Labute approximate surface area is 93.1 Å². The lowest BCUT2D eigenvalue weighted by molar-refractivity contribution is 0.414. The monoisotopic (exact) mass is 225 g/mol. The van der Waals surface area contributed by atoms with Crippen molar-refractivity contribution in [3.63, 3.8) is 0 Å². The number of hydrogen-bond donors (Lipinski definition) is 0. The quantitative estimate of drug-likeness (QED) is 0.720. The third-order valence-corrected chi connectivity index (χ3v) is 2.84. The third-order valence-electron chi connectivity index (χ3n) is 1.81. The Morgan fingerprint density at radius 3 is 2.67 bits per heavy atom. The second-order valence-corrected chi connectivity index (χ2v) is 4.12. The Kier molecular flexibility index (Phi) is 4.99. The van der Waals surface area contributed by atoms with Gasteiger partial charge in [0.05, 0.1) is 13.2 Å². The topological polar surface area (TPSA) is 33.0 Å². The van der Waals surface area contributed by atoms with Crippen molar-refractivity contribution in [2.75, 3.05) is 7.11 Å². The maximum Gasteiger partial charge on any atom is 0.151 e. The van der Waals surface area contributed by atoms with E-state index in [0.717, 1.165) is 22.4 Å². The Bertz CT molecular complexity index is 333. The van der Waals surface area contributed by atoms with Gasteiger partial charge in [0.15, 0.2) is 5.50 Å². The minimum Gasteiger partial charge on any atom is -0.497 e. The summed E-state index contributed by atoms with van der Waals surface area (Å²) in [7, 11) is 1.59. The number of hydrogen-bond acceptors (Lipinski definition) is 3. The summed E-state index contributed by atoms with van der Waals surface area (Å²) in [6.45, 7) is 0. The van der Waals surface area contributed by atoms with Gasteiger partial charge in [-0.15, -0.1) is 0 Å². The van der Waals surface area contributed by atoms with Crippen LogP contribution in [0.3, 0.4) is 0 Å². The predicted molar refractivity (Wildman–Crippen MR) is 58.6 cm³/mol. The molecule has 1 atom stereocenters. The van der Waals surface area contributed by atoms with Crippen LogP contribution in [0.4, 0.5) is 4.39 Å². The number of thioether (sulfide) groups is 1. The van der Waals surface area contributed by atoms with Gasteiger partial charge >= 0.3 is 0 Å². The van der Waals surface area contributed by atoms with E-state index in [4.69, 9.17) is 10.00 Å². The Balaban J connectivity index is 2.46. The van der Waals surface area contributed by atoms with Gasteiger partial charge in [-0.3, -0.25) is 0 Å². The van der Waals surface area contributed by atoms with Gasteiger partial charge in [0.1, 0.15) is 5.75 Å². The summed E-state index contributed by atoms with van der Waals surface area (Å²) < 4.78 is 18.2. The van der Waals surface area contributed by atoms with Crippen LogP contribution in [-0.4, -0.2) is 12.6 Å². The van der Waals surface area contributed by atoms with Gasteiger partial charge in [-0.2, -0.15) is 5.26 Å². The van der Waals surface area contributed by atoms with E-state index < -0.39 is 5.50 Å². The molecular weight excluding hydrogens is 213 g/mol. The van der Waals surface area contributed by atoms with Crippen LogP contribution in [0, 0.1) is 11.3 Å². The fourth-order valence-electron chi connectivity index (χ4n) is 1.04. The first-order chi connectivity index (χ1) is 7.26. The van der Waals surface area contributed by atoms with Crippen LogP contribution in [0.2, 0.25) is 0 Å². The van der Waals surface area contributed by atoms with Gasteiger partial charge < -0.3 is 4.74 Å². The SMILES string of the molecule is COc1ccc(SC(F)CCC#N)cc1. The number of alkyl halides is 1. The van der Waals surface area contributed by atoms with Gasteiger partial charge in [0, 0.05) is 17.7 Å². The average Bonchev–Trinajstić information content (AvgIpc) is 2.27. The summed E-state index contributed by atoms with van der Waals surface area (Å²) in [5.41, 5.74) is -1.02. The zero-order valence-corrected chi connectivity index (χ0v) is 9.26. The minimum absolute atomic E-state index is 0.254. The van der Waals surface area contributed by atoms with Crippen molar-refractivity contribution in [1.82, 2.24) is 0 Å². The lowest BCUT2D eigenvalue weighted by Gasteiger charge is -2.06. The molecule has 1 rings (SSSR count). The molecule has 0 N–H and O–H groups in total. The lowest BCUT2D eigenvalue weighted by atomic mass is 10.3. The minimum atomic E-state index is -1.02. The van der Waals surface area contributed by atoms with E-state index in [0.29, 0.717) is 0 Å². The summed E-state index contributed by atoms with van der Waals surface area (Å²) in [5, 5.41) is 8.31. The van der Waals surface area contributed by atoms with E-state index in [1.807, 2.05) is 18.2 Å². The predicted octanol–water partition coefficient (Wildman–Crippen LogP) is 3.39. The van der Waals surface area contributed by atoms with E-state index >= 15 is 0 Å². The fourth-order valence-corrected chi connectivity index (χ4v) is 1.86. The molecule has 0 heterocycles. The Hall–Kier alpha value is -1.21. The Morgan fingerprint density at radius 2 is 2.13 bits per heavy atom. The molecule has 1 aromatic carbocycles. The molecule has 0 spiro atoms. The van der Waals surface area contributed by atoms with Crippen LogP contribution >= 0.6 is 11.8 Å². The van der Waals surface area contributed by atoms with Gasteiger partial charge in [-0.25, -0.2) is 4.39 Å². The van der Waals surface area contributed by atoms with E-state index in [-0.39, 0.29) is 12.8 Å². The normalized spacial score (nSPS) is 11.8. The molecular formula is C11H12FNOS. The number of rotatable bonds is 5. The lowest BCUT2D eigenvalue weighted by Crippen LogP contribution is -1.92. The van der Waals surface area contributed by atoms with Gasteiger partial charge in [-0.1, -0.05) is 11.8 Å². The highest BCUT2D eigenvalue weighted by atomic mass is 32.2. The summed E-state index contributed by atoms with van der Waals surface area (Å²) in [4.78, 5) is 0.848. The van der Waals surface area contributed by atoms with Crippen LogP contribution in [0.1, 0.15) is 12.8 Å². The highest BCUT2D eigenvalue weighted by Crippen LogP contribution is 2.28. The van der Waals surface area contributed by atoms with Crippen LogP contribution in [-0.2, 0) is 0 Å². The molecule has 0 amide bonds. The second kappa shape index (κ2) is 6.31. The van der Waals surface area contributed by atoms with Gasteiger partial charge in [0.25, 0.3) is 0 Å². The van der Waals surface area contributed by atoms with E-state index in [9.17, 15) is 4.39 Å². The number of benzene rings is 1. The summed E-state index contributed by atoms with van der Waals surface area (Å²) in [6.07, 6.45) is 0.525. The van der Waals surface area contributed by atoms with Crippen LogP contribution in [0.15, 0.2) is 29.2 Å². The van der Waals surface area contributed by atoms with E-state index in [1.54, 1.807) is 19.2 Å². The molecule has 0 aliphatic heterocycles. The summed E-state index contributed by atoms with van der Waals surface area (Å²) in [6, 6.07) is 9.13. The summed E-state index contributed by atoms with van der Waals surface area (Å²) in [5.74, 6) is 0.756. The molecule has 4 heteroatoms. The molecule has 1 unspecified atom stereocenters. The first kappa shape index (κ1) is 11.9. The maximum absolute atomic E-state index is 13.2. The van der Waals surface area contributed by atoms with Gasteiger partial charge in [-0.05, 0) is 24.3 Å². The molecule has 0 saturated carbocycles. The number of nitriles is 1. The standard InChI is InChI=1S/C11H12FNOS/c1-14-9-4-6-10(7-5-9)15-11(12)3-2-8-13/h4-7,11H,2-3H2,1H3. The first-order valence-corrected chi connectivity index (χ1v) is 5.46. The molecule has 0 bridgehead atoms. The van der Waals surface area contributed by atoms with Crippen molar-refractivity contribution in [1.29, 1.82) is 5.26 Å². The first-order valence-electron chi connectivity index (χ1n) is 4.58. The molecule has 15 heavy (non-hydrogen) atoms. The zero-order valence-electron chi connectivity index (χ0n) is 8.44. The highest BCUT2D eigenvalue weighted by Gasteiger charge is 2.07. The van der Waals surface area contributed by atoms with Crippen molar-refractivity contribution in [2.24, 2.45) is 0 Å². The largest absolute Gasteiger partial charge is 0.497 e. The fraction of sp³-hybridized carbons (Fsp3) is 0.364. The molecule has 0 aromatic heterocycles. The number of methoxy groups -OCH3 is 1. The smallest absolute Gasteiger partial charge is 0.151 e. The molecule has 80 valence electrons. The molecule has 0 aliphatic carbocycles.